The van der Waals surface area contributed by atoms with E-state index in [9.17, 15) is 4.79 Å². The number of carbonyl (C=O) groups excluding carboxylic acids is 1. The van der Waals surface area contributed by atoms with Crippen LogP contribution in [0.1, 0.15) is 10.4 Å². The maximum atomic E-state index is 10.2. The number of anilines is 1. The van der Waals surface area contributed by atoms with Crippen molar-refractivity contribution >= 4 is 22.8 Å². The van der Waals surface area contributed by atoms with Crippen molar-refractivity contribution in [2.75, 3.05) is 25.0 Å². The van der Waals surface area contributed by atoms with E-state index in [-0.39, 0.29) is 0 Å². The van der Waals surface area contributed by atoms with Crippen LogP contribution in [0.5, 0.6) is 0 Å². The number of benzene rings is 1. The predicted octanol–water partition coefficient (Wildman–Crippen LogP) is 2.19. The Kier molecular flexibility index (Phi) is 5.43. The topological polar surface area (TPSA) is 77.8 Å². The van der Waals surface area contributed by atoms with Gasteiger partial charge in [0.05, 0.1) is 23.9 Å². The minimum Gasteiger partial charge on any atom is -0.360 e. The van der Waals surface area contributed by atoms with E-state index in [0.717, 1.165) is 27.6 Å². The Hall–Kier alpha value is -2.23. The molecule has 0 atom stereocenters. The third kappa shape index (κ3) is 4.12. The molecule has 0 saturated heterocycles. The van der Waals surface area contributed by atoms with Crippen molar-refractivity contribution in [1.29, 1.82) is 5.26 Å². The number of aromatic nitrogens is 1. The molecule has 5 nitrogen and oxygen atoms in total. The zero-order chi connectivity index (χ0) is 15.1. The first-order chi connectivity index (χ1) is 10.2. The third-order valence-electron chi connectivity index (χ3n) is 2.89. The normalized spacial score (nSPS) is 10.1. The molecule has 1 aromatic heterocycles. The monoisotopic (exact) mass is 300 g/mol. The van der Waals surface area contributed by atoms with E-state index >= 15 is 0 Å². The SMILES string of the molecule is Cc1sc(NCCNCC=O)nc1-c1ccc(C#N)cc1. The smallest absolute Gasteiger partial charge is 0.183 e. The van der Waals surface area contributed by atoms with Gasteiger partial charge in [-0.1, -0.05) is 12.1 Å². The Morgan fingerprint density at radius 2 is 2.10 bits per heavy atom. The van der Waals surface area contributed by atoms with Gasteiger partial charge in [0.1, 0.15) is 6.29 Å². The molecule has 0 bridgehead atoms. The van der Waals surface area contributed by atoms with E-state index in [1.54, 1.807) is 23.5 Å². The number of aldehydes is 1. The Morgan fingerprint density at radius 3 is 2.76 bits per heavy atom. The van der Waals surface area contributed by atoms with Crippen LogP contribution >= 0.6 is 11.3 Å². The maximum Gasteiger partial charge on any atom is 0.183 e. The highest BCUT2D eigenvalue weighted by Crippen LogP contribution is 2.30. The lowest BCUT2D eigenvalue weighted by molar-refractivity contribution is -0.107. The van der Waals surface area contributed by atoms with Gasteiger partial charge in [-0.15, -0.1) is 11.3 Å². The summed E-state index contributed by atoms with van der Waals surface area (Å²) in [7, 11) is 0. The number of aryl methyl sites for hydroxylation is 1. The number of hydrogen-bond donors (Lipinski definition) is 2. The summed E-state index contributed by atoms with van der Waals surface area (Å²) in [5.74, 6) is 0. The molecule has 2 aromatic rings. The van der Waals surface area contributed by atoms with Gasteiger partial charge < -0.3 is 15.4 Å². The fourth-order valence-electron chi connectivity index (χ4n) is 1.86. The van der Waals surface area contributed by atoms with Gasteiger partial charge in [0.2, 0.25) is 0 Å². The standard InChI is InChI=1S/C15H16N4OS/c1-11-14(13-4-2-12(10-16)3-5-13)19-15(21-11)18-7-6-17-8-9-20/h2-5,9,17H,6-8H2,1H3,(H,18,19). The van der Waals surface area contributed by atoms with Gasteiger partial charge in [0.25, 0.3) is 0 Å². The largest absolute Gasteiger partial charge is 0.360 e. The molecular weight excluding hydrogens is 284 g/mol. The van der Waals surface area contributed by atoms with Gasteiger partial charge in [0, 0.05) is 23.5 Å². The molecule has 0 saturated carbocycles. The molecular formula is C15H16N4OS. The predicted molar refractivity (Wildman–Crippen MR) is 84.4 cm³/mol. The quantitative estimate of drug-likeness (QED) is 0.605. The highest BCUT2D eigenvalue weighted by Gasteiger charge is 2.09. The van der Waals surface area contributed by atoms with Gasteiger partial charge in [-0.2, -0.15) is 5.26 Å². The zero-order valence-corrected chi connectivity index (χ0v) is 12.5. The van der Waals surface area contributed by atoms with Crippen molar-refractivity contribution in [3.05, 3.63) is 34.7 Å². The van der Waals surface area contributed by atoms with Gasteiger partial charge in [-0.25, -0.2) is 4.98 Å². The Bertz CT molecular complexity index is 643. The molecule has 0 aliphatic rings. The van der Waals surface area contributed by atoms with Crippen molar-refractivity contribution in [3.63, 3.8) is 0 Å². The van der Waals surface area contributed by atoms with Crippen molar-refractivity contribution in [1.82, 2.24) is 10.3 Å². The molecule has 0 amide bonds. The van der Waals surface area contributed by atoms with E-state index in [2.05, 4.69) is 21.7 Å². The van der Waals surface area contributed by atoms with Crippen molar-refractivity contribution in [2.45, 2.75) is 6.92 Å². The minimum atomic E-state index is 0.370. The molecule has 0 aliphatic heterocycles. The van der Waals surface area contributed by atoms with Gasteiger partial charge in [-0.3, -0.25) is 0 Å². The van der Waals surface area contributed by atoms with Crippen molar-refractivity contribution in [3.8, 4) is 17.3 Å². The second-order valence-electron chi connectivity index (χ2n) is 4.41. The fraction of sp³-hybridized carbons (Fsp3) is 0.267. The second-order valence-corrected chi connectivity index (χ2v) is 5.61. The van der Waals surface area contributed by atoms with Crippen LogP contribution in [0.15, 0.2) is 24.3 Å². The van der Waals surface area contributed by atoms with Gasteiger partial charge >= 0.3 is 0 Å². The van der Waals surface area contributed by atoms with Crippen molar-refractivity contribution < 1.29 is 4.79 Å². The van der Waals surface area contributed by atoms with Crippen LogP contribution < -0.4 is 10.6 Å². The summed E-state index contributed by atoms with van der Waals surface area (Å²) in [5, 5.41) is 15.9. The average Bonchev–Trinajstić information content (AvgIpc) is 2.88. The van der Waals surface area contributed by atoms with Crippen LogP contribution in [0, 0.1) is 18.3 Å². The van der Waals surface area contributed by atoms with Crippen LogP contribution in [0.2, 0.25) is 0 Å². The first-order valence-corrected chi connectivity index (χ1v) is 7.42. The second kappa shape index (κ2) is 7.53. The minimum absolute atomic E-state index is 0.370. The number of hydrogen-bond acceptors (Lipinski definition) is 6. The molecule has 1 aromatic carbocycles. The average molecular weight is 300 g/mol. The summed E-state index contributed by atoms with van der Waals surface area (Å²) < 4.78 is 0. The van der Waals surface area contributed by atoms with Crippen LogP contribution in [-0.2, 0) is 4.79 Å². The number of thiazole rings is 1. The summed E-state index contributed by atoms with van der Waals surface area (Å²) in [4.78, 5) is 15.9. The van der Waals surface area contributed by atoms with Crippen LogP contribution in [0.4, 0.5) is 5.13 Å². The number of nitriles is 1. The van der Waals surface area contributed by atoms with Crippen LogP contribution in [0.3, 0.4) is 0 Å². The summed E-state index contributed by atoms with van der Waals surface area (Å²) in [5.41, 5.74) is 2.59. The Labute approximate surface area is 127 Å². The van der Waals surface area contributed by atoms with E-state index < -0.39 is 0 Å². The molecule has 0 unspecified atom stereocenters. The van der Waals surface area contributed by atoms with Gasteiger partial charge in [0.15, 0.2) is 5.13 Å². The maximum absolute atomic E-state index is 10.2. The van der Waals surface area contributed by atoms with Crippen molar-refractivity contribution in [2.24, 2.45) is 0 Å². The molecule has 21 heavy (non-hydrogen) atoms. The van der Waals surface area contributed by atoms with Crippen LogP contribution in [0.25, 0.3) is 11.3 Å². The highest BCUT2D eigenvalue weighted by molar-refractivity contribution is 7.16. The number of carbonyl (C=O) groups is 1. The zero-order valence-electron chi connectivity index (χ0n) is 11.7. The van der Waals surface area contributed by atoms with E-state index in [1.807, 2.05) is 19.1 Å². The molecule has 0 spiro atoms. The summed E-state index contributed by atoms with van der Waals surface area (Å²) in [6.45, 7) is 3.83. The van der Waals surface area contributed by atoms with E-state index in [4.69, 9.17) is 5.26 Å². The number of rotatable bonds is 7. The van der Waals surface area contributed by atoms with Gasteiger partial charge in [-0.05, 0) is 19.1 Å². The molecule has 2 N–H and O–H groups in total. The van der Waals surface area contributed by atoms with E-state index in [1.165, 1.54) is 0 Å². The summed E-state index contributed by atoms with van der Waals surface area (Å²) in [6, 6.07) is 9.53. The first kappa shape index (κ1) is 15.2. The molecule has 2 rings (SSSR count). The lowest BCUT2D eigenvalue weighted by Gasteiger charge is -2.02. The number of nitrogens with zero attached hydrogens (tertiary/aromatic N) is 2. The molecule has 108 valence electrons. The Balaban J connectivity index is 2.01. The molecule has 0 radical (unpaired) electrons. The first-order valence-electron chi connectivity index (χ1n) is 6.61. The molecule has 0 fully saturated rings. The van der Waals surface area contributed by atoms with Crippen LogP contribution in [-0.4, -0.2) is 30.9 Å². The molecule has 0 aliphatic carbocycles. The highest BCUT2D eigenvalue weighted by atomic mass is 32.1. The summed E-state index contributed by atoms with van der Waals surface area (Å²) in [6.07, 6.45) is 0.844. The number of nitrogens with one attached hydrogen (secondary N) is 2. The Morgan fingerprint density at radius 1 is 1.33 bits per heavy atom. The third-order valence-corrected chi connectivity index (χ3v) is 3.82. The molecule has 1 heterocycles. The van der Waals surface area contributed by atoms with E-state index in [0.29, 0.717) is 25.2 Å². The fourth-order valence-corrected chi connectivity index (χ4v) is 2.72. The lowest BCUT2D eigenvalue weighted by atomic mass is 10.1. The summed E-state index contributed by atoms with van der Waals surface area (Å²) >= 11 is 1.60. The lowest BCUT2D eigenvalue weighted by Crippen LogP contribution is -2.23. The molecule has 6 heteroatoms.